The summed E-state index contributed by atoms with van der Waals surface area (Å²) in [5.41, 5.74) is 0. The smallest absolute Gasteiger partial charge is 0.142 e. The van der Waals surface area contributed by atoms with Crippen LogP contribution in [0.15, 0.2) is 21.7 Å². The minimum Gasteiger partial charge on any atom is -0.299 e. The Kier molecular flexibility index (Phi) is 3.66. The summed E-state index contributed by atoms with van der Waals surface area (Å²) in [6.07, 6.45) is 0.651. The first-order chi connectivity index (χ1) is 5.33. The van der Waals surface area contributed by atoms with E-state index in [0.29, 0.717) is 18.0 Å². The van der Waals surface area contributed by atoms with Gasteiger partial charge in [-0.1, -0.05) is 13.0 Å². The van der Waals surface area contributed by atoms with Gasteiger partial charge in [0.05, 0.1) is 9.96 Å². The lowest BCUT2D eigenvalue weighted by atomic mass is 10.4. The Bertz CT molecular complexity index is 216. The summed E-state index contributed by atoms with van der Waals surface area (Å²) < 4.78 is 1.23. The number of ketones is 1. The van der Waals surface area contributed by atoms with Crippen molar-refractivity contribution in [1.29, 1.82) is 0 Å². The molecule has 1 heterocycles. The SMILES string of the molecule is CCC(=O)CSc1cccs1. The van der Waals surface area contributed by atoms with E-state index in [9.17, 15) is 4.79 Å². The molecule has 1 nitrogen and oxygen atoms in total. The summed E-state index contributed by atoms with van der Waals surface area (Å²) in [4.78, 5) is 10.9. The van der Waals surface area contributed by atoms with Crippen molar-refractivity contribution in [3.63, 3.8) is 0 Å². The average Bonchev–Trinajstić information content (AvgIpc) is 2.52. The highest BCUT2D eigenvalue weighted by molar-refractivity contribution is 8.01. The van der Waals surface area contributed by atoms with Crippen molar-refractivity contribution < 1.29 is 4.79 Å². The van der Waals surface area contributed by atoms with E-state index in [1.165, 1.54) is 4.21 Å². The van der Waals surface area contributed by atoms with Crippen LogP contribution in [0.25, 0.3) is 0 Å². The van der Waals surface area contributed by atoms with Crippen LogP contribution in [0, 0.1) is 0 Å². The van der Waals surface area contributed by atoms with Crippen molar-refractivity contribution in [1.82, 2.24) is 0 Å². The Morgan fingerprint density at radius 1 is 1.73 bits per heavy atom. The Labute approximate surface area is 74.8 Å². The largest absolute Gasteiger partial charge is 0.299 e. The van der Waals surface area contributed by atoms with Gasteiger partial charge in [0.15, 0.2) is 0 Å². The molecule has 0 atom stereocenters. The van der Waals surface area contributed by atoms with Gasteiger partial charge < -0.3 is 0 Å². The number of thioether (sulfide) groups is 1. The third kappa shape index (κ3) is 3.08. The van der Waals surface area contributed by atoms with E-state index in [0.717, 1.165) is 0 Å². The highest BCUT2D eigenvalue weighted by Gasteiger charge is 1.99. The molecule has 3 heteroatoms. The molecule has 0 unspecified atom stereocenters. The van der Waals surface area contributed by atoms with Gasteiger partial charge in [0.25, 0.3) is 0 Å². The van der Waals surface area contributed by atoms with Gasteiger partial charge in [0, 0.05) is 6.42 Å². The highest BCUT2D eigenvalue weighted by atomic mass is 32.2. The van der Waals surface area contributed by atoms with E-state index < -0.39 is 0 Å². The predicted octanol–water partition coefficient (Wildman–Crippen LogP) is 2.82. The minimum atomic E-state index is 0.323. The third-order valence-electron chi connectivity index (χ3n) is 1.26. The molecular formula is C8H10OS2. The maximum absolute atomic E-state index is 10.9. The second kappa shape index (κ2) is 4.57. The summed E-state index contributed by atoms with van der Waals surface area (Å²) in [5, 5.41) is 2.03. The molecule has 1 aromatic heterocycles. The number of carbonyl (C=O) groups excluding carboxylic acids is 1. The molecule has 11 heavy (non-hydrogen) atoms. The Balaban J connectivity index is 2.29. The molecule has 0 bridgehead atoms. The fourth-order valence-corrected chi connectivity index (χ4v) is 2.35. The van der Waals surface area contributed by atoms with Gasteiger partial charge >= 0.3 is 0 Å². The summed E-state index contributed by atoms with van der Waals surface area (Å²) in [5.74, 6) is 0.945. The van der Waals surface area contributed by atoms with Gasteiger partial charge in [-0.05, 0) is 11.4 Å². The van der Waals surface area contributed by atoms with E-state index in [4.69, 9.17) is 0 Å². The molecule has 0 saturated carbocycles. The molecule has 0 fully saturated rings. The van der Waals surface area contributed by atoms with Crippen LogP contribution in [0.3, 0.4) is 0 Å². The quantitative estimate of drug-likeness (QED) is 0.673. The first-order valence-electron chi connectivity index (χ1n) is 3.51. The Morgan fingerprint density at radius 2 is 2.55 bits per heavy atom. The van der Waals surface area contributed by atoms with Crippen molar-refractivity contribution >= 4 is 28.9 Å². The van der Waals surface area contributed by atoms with Crippen molar-refractivity contribution in [3.05, 3.63) is 17.5 Å². The molecule has 0 N–H and O–H groups in total. The fourth-order valence-electron chi connectivity index (χ4n) is 0.599. The molecular weight excluding hydrogens is 176 g/mol. The fraction of sp³-hybridized carbons (Fsp3) is 0.375. The van der Waals surface area contributed by atoms with Gasteiger partial charge in [0.2, 0.25) is 0 Å². The zero-order valence-electron chi connectivity index (χ0n) is 6.37. The van der Waals surface area contributed by atoms with E-state index in [1.807, 2.05) is 24.4 Å². The van der Waals surface area contributed by atoms with Gasteiger partial charge in [-0.2, -0.15) is 0 Å². The standard InChI is InChI=1S/C8H10OS2/c1-2-7(9)6-11-8-4-3-5-10-8/h3-5H,2,6H2,1H3. The second-order valence-electron chi connectivity index (χ2n) is 2.11. The summed E-state index contributed by atoms with van der Waals surface area (Å²) in [6.45, 7) is 1.90. The maximum Gasteiger partial charge on any atom is 0.142 e. The normalized spacial score (nSPS) is 9.91. The number of carbonyl (C=O) groups is 1. The summed E-state index contributed by atoms with van der Waals surface area (Å²) in [7, 11) is 0. The van der Waals surface area contributed by atoms with Crippen LogP contribution >= 0.6 is 23.1 Å². The number of hydrogen-bond donors (Lipinski definition) is 0. The first kappa shape index (κ1) is 8.81. The van der Waals surface area contributed by atoms with E-state index in [2.05, 4.69) is 0 Å². The lowest BCUT2D eigenvalue weighted by molar-refractivity contribution is -0.116. The van der Waals surface area contributed by atoms with Gasteiger partial charge in [0.1, 0.15) is 5.78 Å². The van der Waals surface area contributed by atoms with Gasteiger partial charge in [-0.15, -0.1) is 23.1 Å². The van der Waals surface area contributed by atoms with Crippen LogP contribution in [-0.4, -0.2) is 11.5 Å². The zero-order chi connectivity index (χ0) is 8.10. The number of Topliss-reactive ketones (excluding diaryl/α,β-unsaturated/α-hetero) is 1. The Hall–Kier alpha value is -0.280. The van der Waals surface area contributed by atoms with E-state index in [1.54, 1.807) is 23.1 Å². The molecule has 0 spiro atoms. The van der Waals surface area contributed by atoms with Crippen molar-refractivity contribution in [2.75, 3.05) is 5.75 Å². The molecule has 60 valence electrons. The lowest BCUT2D eigenvalue weighted by Crippen LogP contribution is -1.96. The molecule has 0 radical (unpaired) electrons. The van der Waals surface area contributed by atoms with Crippen LogP contribution in [-0.2, 0) is 4.79 Å². The molecule has 0 aliphatic carbocycles. The molecule has 0 saturated heterocycles. The first-order valence-corrected chi connectivity index (χ1v) is 5.37. The Morgan fingerprint density at radius 3 is 3.09 bits per heavy atom. The predicted molar refractivity (Wildman–Crippen MR) is 50.3 cm³/mol. The summed E-state index contributed by atoms with van der Waals surface area (Å²) in [6, 6.07) is 4.04. The van der Waals surface area contributed by atoms with Crippen molar-refractivity contribution in [2.24, 2.45) is 0 Å². The number of thiophene rings is 1. The number of rotatable bonds is 4. The van der Waals surface area contributed by atoms with E-state index >= 15 is 0 Å². The van der Waals surface area contributed by atoms with Crippen molar-refractivity contribution in [3.8, 4) is 0 Å². The van der Waals surface area contributed by atoms with Gasteiger partial charge in [-0.3, -0.25) is 4.79 Å². The van der Waals surface area contributed by atoms with Crippen LogP contribution in [0.4, 0.5) is 0 Å². The molecule has 0 aromatic carbocycles. The molecule has 1 aromatic rings. The average molecular weight is 186 g/mol. The highest BCUT2D eigenvalue weighted by Crippen LogP contribution is 2.23. The second-order valence-corrected chi connectivity index (χ2v) is 4.34. The van der Waals surface area contributed by atoms with Crippen LogP contribution in [0.2, 0.25) is 0 Å². The van der Waals surface area contributed by atoms with Crippen LogP contribution < -0.4 is 0 Å². The van der Waals surface area contributed by atoms with Crippen LogP contribution in [0.1, 0.15) is 13.3 Å². The lowest BCUT2D eigenvalue weighted by Gasteiger charge is -1.93. The molecule has 0 amide bonds. The summed E-state index contributed by atoms with van der Waals surface area (Å²) >= 11 is 3.31. The minimum absolute atomic E-state index is 0.323. The molecule has 0 aliphatic heterocycles. The monoisotopic (exact) mass is 186 g/mol. The van der Waals surface area contributed by atoms with Crippen molar-refractivity contribution in [2.45, 2.75) is 17.6 Å². The number of hydrogen-bond acceptors (Lipinski definition) is 3. The van der Waals surface area contributed by atoms with Gasteiger partial charge in [-0.25, -0.2) is 0 Å². The van der Waals surface area contributed by atoms with Crippen LogP contribution in [0.5, 0.6) is 0 Å². The molecule has 1 rings (SSSR count). The third-order valence-corrected chi connectivity index (χ3v) is 3.46. The zero-order valence-corrected chi connectivity index (χ0v) is 8.00. The molecule has 0 aliphatic rings. The maximum atomic E-state index is 10.9. The van der Waals surface area contributed by atoms with E-state index in [-0.39, 0.29) is 0 Å². The topological polar surface area (TPSA) is 17.1 Å².